The molecule has 1 aromatic heterocycles. The van der Waals surface area contributed by atoms with E-state index in [0.29, 0.717) is 5.56 Å². The van der Waals surface area contributed by atoms with Crippen molar-refractivity contribution >= 4 is 43.5 Å². The van der Waals surface area contributed by atoms with Crippen LogP contribution in [-0.4, -0.2) is 0 Å². The van der Waals surface area contributed by atoms with Gasteiger partial charge in [0, 0.05) is 16.3 Å². The van der Waals surface area contributed by atoms with Crippen LogP contribution < -0.4 is 0 Å². The van der Waals surface area contributed by atoms with Gasteiger partial charge in [-0.3, -0.25) is 0 Å². The second-order valence-electron chi connectivity index (χ2n) is 11.2. The quantitative estimate of drug-likeness (QED) is 0.190. The fourth-order valence-corrected chi connectivity index (χ4v) is 6.84. The molecule has 0 atom stereocenters. The summed E-state index contributed by atoms with van der Waals surface area (Å²) < 4.78 is 47.8. The first-order chi connectivity index (χ1) is 24.4. The normalized spacial score (nSPS) is 13.1. The third kappa shape index (κ3) is 4.09. The van der Waals surface area contributed by atoms with Gasteiger partial charge in [-0.25, -0.2) is 0 Å². The van der Waals surface area contributed by atoms with Gasteiger partial charge in [-0.15, -0.1) is 0 Å². The fourth-order valence-electron chi connectivity index (χ4n) is 6.84. The van der Waals surface area contributed by atoms with E-state index in [0.717, 1.165) is 76.9 Å². The van der Waals surface area contributed by atoms with Crippen molar-refractivity contribution in [2.75, 3.05) is 0 Å². The van der Waals surface area contributed by atoms with Crippen LogP contribution >= 0.6 is 0 Å². The van der Waals surface area contributed by atoms with Crippen molar-refractivity contribution in [3.63, 3.8) is 0 Å². The molecule has 210 valence electrons. The molecule has 0 fully saturated rings. The van der Waals surface area contributed by atoms with Crippen molar-refractivity contribution in [3.8, 4) is 44.5 Å². The van der Waals surface area contributed by atoms with Gasteiger partial charge in [0.2, 0.25) is 0 Å². The minimum atomic E-state index is -0.395. The van der Waals surface area contributed by atoms with Gasteiger partial charge in [0.25, 0.3) is 0 Å². The van der Waals surface area contributed by atoms with Crippen LogP contribution in [0.2, 0.25) is 0 Å². The molecule has 8 aromatic carbocycles. The van der Waals surface area contributed by atoms with E-state index in [1.165, 1.54) is 0 Å². The largest absolute Gasteiger partial charge is 0.456 e. The molecule has 0 amide bonds. The number of hydrogen-bond donors (Lipinski definition) is 0. The van der Waals surface area contributed by atoms with Crippen LogP contribution in [0.15, 0.2) is 174 Å². The molecule has 0 aliphatic rings. The lowest BCUT2D eigenvalue weighted by Crippen LogP contribution is -1.93. The highest BCUT2D eigenvalue weighted by molar-refractivity contribution is 6.27. The predicted molar refractivity (Wildman–Crippen MR) is 190 cm³/mol. The maximum Gasteiger partial charge on any atom is 0.136 e. The van der Waals surface area contributed by atoms with Crippen molar-refractivity contribution < 1.29 is 11.3 Å². The third-order valence-corrected chi connectivity index (χ3v) is 8.77. The van der Waals surface area contributed by atoms with E-state index < -0.39 is 6.04 Å². The SMILES string of the molecule is [2H]c1c([2H])c([2H])c(-c2ccc(-c3c4ccccc4c(-c4c(-c5ccccc5)ccc5oc6ccccc6c45)c4ccccc34)cc2)c([2H])c1[2H]. The Labute approximate surface area is 268 Å². The summed E-state index contributed by atoms with van der Waals surface area (Å²) in [4.78, 5) is 0. The number of rotatable bonds is 4. The highest BCUT2D eigenvalue weighted by atomic mass is 16.3. The lowest BCUT2D eigenvalue weighted by molar-refractivity contribution is 0.669. The van der Waals surface area contributed by atoms with E-state index in [9.17, 15) is 0 Å². The highest BCUT2D eigenvalue weighted by Crippen LogP contribution is 2.50. The fraction of sp³-hybridized carbons (Fsp3) is 0. The average Bonchev–Trinajstić information content (AvgIpc) is 3.55. The van der Waals surface area contributed by atoms with Crippen LogP contribution in [0.25, 0.3) is 88.0 Å². The third-order valence-electron chi connectivity index (χ3n) is 8.77. The number of furan rings is 1. The Morgan fingerprint density at radius 1 is 0.356 bits per heavy atom. The Morgan fingerprint density at radius 2 is 0.911 bits per heavy atom. The molecule has 9 rings (SSSR count). The Kier molecular flexibility index (Phi) is 4.81. The zero-order valence-electron chi connectivity index (χ0n) is 29.2. The topological polar surface area (TPSA) is 13.1 Å². The second kappa shape index (κ2) is 10.4. The van der Waals surface area contributed by atoms with Crippen LogP contribution in [-0.2, 0) is 0 Å². The number of benzene rings is 8. The van der Waals surface area contributed by atoms with E-state index in [-0.39, 0.29) is 29.7 Å². The van der Waals surface area contributed by atoms with Gasteiger partial charge in [-0.2, -0.15) is 0 Å². The van der Waals surface area contributed by atoms with Crippen LogP contribution in [0, 0.1) is 0 Å². The Balaban J connectivity index is 1.36. The monoisotopic (exact) mass is 577 g/mol. The van der Waals surface area contributed by atoms with E-state index >= 15 is 0 Å². The summed E-state index contributed by atoms with van der Waals surface area (Å²) in [5, 5.41) is 6.52. The maximum atomic E-state index is 8.51. The predicted octanol–water partition coefficient (Wildman–Crippen LogP) is 12.6. The lowest BCUT2D eigenvalue weighted by atomic mass is 9.82. The first-order valence-electron chi connectivity index (χ1n) is 17.5. The smallest absolute Gasteiger partial charge is 0.136 e. The molecule has 0 saturated heterocycles. The molecule has 0 aliphatic carbocycles. The van der Waals surface area contributed by atoms with Crippen molar-refractivity contribution in [1.29, 1.82) is 0 Å². The molecule has 0 bridgehead atoms. The van der Waals surface area contributed by atoms with Crippen molar-refractivity contribution in [2.24, 2.45) is 0 Å². The molecule has 0 unspecified atom stereocenters. The minimum Gasteiger partial charge on any atom is -0.456 e. The lowest BCUT2D eigenvalue weighted by Gasteiger charge is -2.20. The first kappa shape index (κ1) is 20.9. The second-order valence-corrected chi connectivity index (χ2v) is 11.2. The molecular formula is C44H28O. The van der Waals surface area contributed by atoms with Gasteiger partial charge >= 0.3 is 0 Å². The van der Waals surface area contributed by atoms with Gasteiger partial charge < -0.3 is 4.42 Å². The Bertz CT molecular complexity index is 2720. The Hall–Kier alpha value is -5.92. The summed E-state index contributed by atoms with van der Waals surface area (Å²) in [6, 6.07) is 46.2. The summed E-state index contributed by atoms with van der Waals surface area (Å²) in [6.07, 6.45) is 0. The average molecular weight is 578 g/mol. The van der Waals surface area contributed by atoms with E-state index in [4.69, 9.17) is 11.3 Å². The summed E-state index contributed by atoms with van der Waals surface area (Å²) in [5.41, 5.74) is 8.98. The van der Waals surface area contributed by atoms with Crippen molar-refractivity contribution in [2.45, 2.75) is 0 Å². The maximum absolute atomic E-state index is 8.51. The van der Waals surface area contributed by atoms with E-state index in [1.807, 2.05) is 42.5 Å². The molecule has 0 N–H and O–H groups in total. The molecular weight excluding hydrogens is 544 g/mol. The van der Waals surface area contributed by atoms with Gasteiger partial charge in [0.15, 0.2) is 0 Å². The summed E-state index contributed by atoms with van der Waals surface area (Å²) in [7, 11) is 0. The van der Waals surface area contributed by atoms with E-state index in [1.54, 1.807) is 0 Å². The van der Waals surface area contributed by atoms with Crippen molar-refractivity contribution in [3.05, 3.63) is 170 Å². The Morgan fingerprint density at radius 3 is 1.58 bits per heavy atom. The van der Waals surface area contributed by atoms with Gasteiger partial charge in [0.1, 0.15) is 11.2 Å². The highest BCUT2D eigenvalue weighted by Gasteiger charge is 2.23. The molecule has 45 heavy (non-hydrogen) atoms. The minimum absolute atomic E-state index is 0.196. The van der Waals surface area contributed by atoms with Gasteiger partial charge in [-0.05, 0) is 72.6 Å². The molecule has 0 aliphatic heterocycles. The van der Waals surface area contributed by atoms with Crippen LogP contribution in [0.3, 0.4) is 0 Å². The molecule has 0 radical (unpaired) electrons. The molecule has 1 heterocycles. The van der Waals surface area contributed by atoms with Crippen LogP contribution in [0.1, 0.15) is 6.85 Å². The zero-order valence-corrected chi connectivity index (χ0v) is 24.2. The van der Waals surface area contributed by atoms with Gasteiger partial charge in [-0.1, -0.05) is 158 Å². The molecule has 1 heteroatoms. The summed E-state index contributed by atoms with van der Waals surface area (Å²) in [6.45, 7) is 0. The zero-order chi connectivity index (χ0) is 34.1. The van der Waals surface area contributed by atoms with Crippen LogP contribution in [0.4, 0.5) is 0 Å². The summed E-state index contributed by atoms with van der Waals surface area (Å²) >= 11 is 0. The number of fused-ring (bicyclic) bond motifs is 5. The standard InChI is InChI=1S/C44H28O/c1-3-13-29(14-4-1)30-23-25-32(26-24-30)41-34-17-7-9-19-36(34)42(37-20-10-8-18-35(37)41)44-33(31-15-5-2-6-16-31)27-28-40-43(44)38-21-11-12-22-39(38)45-40/h1-28H/i1D,3D,4D,13D,14D. The van der Waals surface area contributed by atoms with E-state index in [2.05, 4.69) is 97.1 Å². The number of hydrogen-bond acceptors (Lipinski definition) is 1. The van der Waals surface area contributed by atoms with Crippen molar-refractivity contribution in [1.82, 2.24) is 0 Å². The van der Waals surface area contributed by atoms with Gasteiger partial charge in [0.05, 0.1) is 6.85 Å². The number of para-hydroxylation sites is 1. The summed E-state index contributed by atoms with van der Waals surface area (Å²) in [5.74, 6) is 0. The molecule has 0 spiro atoms. The van der Waals surface area contributed by atoms with Crippen LogP contribution in [0.5, 0.6) is 0 Å². The molecule has 9 aromatic rings. The molecule has 1 nitrogen and oxygen atoms in total. The first-order valence-corrected chi connectivity index (χ1v) is 15.0. The molecule has 0 saturated carbocycles.